The molecule has 1 aromatic heterocycles. The number of aromatic nitrogens is 2. The molecular weight excluding hydrogens is 278 g/mol. The number of hydrogen-bond donors (Lipinski definition) is 1. The van der Waals surface area contributed by atoms with Gasteiger partial charge in [0.25, 0.3) is 0 Å². The van der Waals surface area contributed by atoms with Gasteiger partial charge in [-0.25, -0.2) is 4.98 Å². The zero-order chi connectivity index (χ0) is 11.8. The smallest absolute Gasteiger partial charge is 0.136 e. The van der Waals surface area contributed by atoms with Crippen LogP contribution in [0.25, 0.3) is 10.9 Å². The van der Waals surface area contributed by atoms with Crippen molar-refractivity contribution >= 4 is 26.8 Å². The predicted molar refractivity (Wildman–Crippen MR) is 70.8 cm³/mol. The van der Waals surface area contributed by atoms with Crippen LogP contribution in [0.15, 0.2) is 22.7 Å². The van der Waals surface area contributed by atoms with Crippen LogP contribution in [0.3, 0.4) is 0 Å². The molecule has 0 atom stereocenters. The Labute approximate surface area is 108 Å². The standard InChI is InChI=1S/C13H14BrN3/c14-9-5-4-6-10-12(9)13(15)17-8-3-1-2-7-11(17)16-10/h4-6,15H,1-3,7-8H2. The topological polar surface area (TPSA) is 41.7 Å². The molecule has 1 N–H and O–H groups in total. The maximum Gasteiger partial charge on any atom is 0.136 e. The molecule has 0 fully saturated rings. The van der Waals surface area contributed by atoms with E-state index in [1.165, 1.54) is 12.8 Å². The van der Waals surface area contributed by atoms with Crippen LogP contribution in [0, 0.1) is 5.41 Å². The van der Waals surface area contributed by atoms with Gasteiger partial charge in [0.2, 0.25) is 0 Å². The molecule has 1 aromatic carbocycles. The van der Waals surface area contributed by atoms with Crippen LogP contribution < -0.4 is 5.49 Å². The van der Waals surface area contributed by atoms with Crippen LogP contribution in [0.1, 0.15) is 25.1 Å². The molecule has 0 saturated carbocycles. The quantitative estimate of drug-likeness (QED) is 0.797. The second-order valence-corrected chi connectivity index (χ2v) is 5.33. The Morgan fingerprint density at radius 3 is 3.00 bits per heavy atom. The number of nitrogens with one attached hydrogen (secondary N) is 1. The summed E-state index contributed by atoms with van der Waals surface area (Å²) in [6, 6.07) is 5.95. The number of benzene rings is 1. The molecule has 17 heavy (non-hydrogen) atoms. The summed E-state index contributed by atoms with van der Waals surface area (Å²) in [5.74, 6) is 1.07. The third-order valence-corrected chi connectivity index (χ3v) is 4.00. The lowest BCUT2D eigenvalue weighted by atomic mass is 10.2. The van der Waals surface area contributed by atoms with Crippen LogP contribution in [0.2, 0.25) is 0 Å². The van der Waals surface area contributed by atoms with Crippen molar-refractivity contribution in [2.24, 2.45) is 0 Å². The molecule has 3 rings (SSSR count). The molecule has 0 saturated heterocycles. The Bertz CT molecular complexity index is 630. The molecular formula is C13H14BrN3. The van der Waals surface area contributed by atoms with Crippen molar-refractivity contribution in [2.45, 2.75) is 32.2 Å². The lowest BCUT2D eigenvalue weighted by Gasteiger charge is -2.12. The average Bonchev–Trinajstić information content (AvgIpc) is 2.54. The van der Waals surface area contributed by atoms with Crippen molar-refractivity contribution in [3.63, 3.8) is 0 Å². The van der Waals surface area contributed by atoms with Crippen LogP contribution in [0.4, 0.5) is 0 Å². The molecule has 0 bridgehead atoms. The Morgan fingerprint density at radius 1 is 1.24 bits per heavy atom. The third-order valence-electron chi connectivity index (χ3n) is 3.34. The Kier molecular flexibility index (Phi) is 2.74. The average molecular weight is 292 g/mol. The Hall–Kier alpha value is -1.16. The van der Waals surface area contributed by atoms with Gasteiger partial charge in [0.05, 0.1) is 10.9 Å². The van der Waals surface area contributed by atoms with E-state index in [1.54, 1.807) is 0 Å². The van der Waals surface area contributed by atoms with E-state index >= 15 is 0 Å². The molecule has 0 unspecified atom stereocenters. The highest BCUT2D eigenvalue weighted by Gasteiger charge is 2.12. The zero-order valence-electron chi connectivity index (χ0n) is 9.54. The molecule has 3 nitrogen and oxygen atoms in total. The molecule has 0 radical (unpaired) electrons. The first kappa shape index (κ1) is 11.0. The lowest BCUT2D eigenvalue weighted by Crippen LogP contribution is -2.25. The van der Waals surface area contributed by atoms with E-state index in [0.717, 1.165) is 40.6 Å². The molecule has 1 aliphatic heterocycles. The first-order valence-electron chi connectivity index (χ1n) is 6.00. The van der Waals surface area contributed by atoms with E-state index in [4.69, 9.17) is 10.4 Å². The van der Waals surface area contributed by atoms with Gasteiger partial charge in [0, 0.05) is 17.4 Å². The van der Waals surface area contributed by atoms with E-state index in [1.807, 2.05) is 18.2 Å². The van der Waals surface area contributed by atoms with E-state index in [2.05, 4.69) is 20.5 Å². The number of rotatable bonds is 0. The zero-order valence-corrected chi connectivity index (χ0v) is 11.1. The van der Waals surface area contributed by atoms with Crippen molar-refractivity contribution < 1.29 is 0 Å². The first-order valence-corrected chi connectivity index (χ1v) is 6.79. The molecule has 0 aliphatic carbocycles. The van der Waals surface area contributed by atoms with Crippen molar-refractivity contribution in [1.29, 1.82) is 5.41 Å². The van der Waals surface area contributed by atoms with E-state index in [-0.39, 0.29) is 0 Å². The molecule has 1 aliphatic rings. The van der Waals surface area contributed by atoms with E-state index < -0.39 is 0 Å². The van der Waals surface area contributed by atoms with E-state index in [9.17, 15) is 0 Å². The minimum absolute atomic E-state index is 0.597. The normalized spacial score (nSPS) is 15.6. The van der Waals surface area contributed by atoms with Gasteiger partial charge in [-0.05, 0) is 40.9 Å². The summed E-state index contributed by atoms with van der Waals surface area (Å²) in [5.41, 5.74) is 1.52. The number of hydrogen-bond acceptors (Lipinski definition) is 2. The number of aryl methyl sites for hydroxylation is 1. The Balaban J connectivity index is 2.38. The van der Waals surface area contributed by atoms with Crippen molar-refractivity contribution in [2.75, 3.05) is 0 Å². The lowest BCUT2D eigenvalue weighted by molar-refractivity contribution is 0.602. The maximum atomic E-state index is 8.35. The summed E-state index contributed by atoms with van der Waals surface area (Å²) in [7, 11) is 0. The molecule has 0 spiro atoms. The summed E-state index contributed by atoms with van der Waals surface area (Å²) in [6.07, 6.45) is 4.57. The summed E-state index contributed by atoms with van der Waals surface area (Å²) < 4.78 is 3.03. The van der Waals surface area contributed by atoms with Crippen LogP contribution >= 0.6 is 15.9 Å². The van der Waals surface area contributed by atoms with E-state index in [0.29, 0.717) is 5.49 Å². The highest BCUT2D eigenvalue weighted by Crippen LogP contribution is 2.21. The molecule has 4 heteroatoms. The van der Waals surface area contributed by atoms with Gasteiger partial charge in [-0.2, -0.15) is 0 Å². The van der Waals surface area contributed by atoms with Crippen molar-refractivity contribution in [3.05, 3.63) is 34.0 Å². The van der Waals surface area contributed by atoms with Crippen LogP contribution in [-0.2, 0) is 13.0 Å². The van der Waals surface area contributed by atoms with Crippen molar-refractivity contribution in [1.82, 2.24) is 9.55 Å². The van der Waals surface area contributed by atoms with Gasteiger partial charge in [-0.3, -0.25) is 5.41 Å². The predicted octanol–water partition coefficient (Wildman–Crippen LogP) is 3.00. The number of fused-ring (bicyclic) bond motifs is 2. The van der Waals surface area contributed by atoms with Crippen LogP contribution in [0.5, 0.6) is 0 Å². The molecule has 0 amide bonds. The summed E-state index contributed by atoms with van der Waals surface area (Å²) in [6.45, 7) is 0.929. The fourth-order valence-electron chi connectivity index (χ4n) is 2.47. The first-order chi connectivity index (χ1) is 8.27. The number of nitrogens with zero attached hydrogens (tertiary/aromatic N) is 2. The fraction of sp³-hybridized carbons (Fsp3) is 0.385. The number of halogens is 1. The van der Waals surface area contributed by atoms with Gasteiger partial charge in [0.15, 0.2) is 0 Å². The highest BCUT2D eigenvalue weighted by atomic mass is 79.9. The van der Waals surface area contributed by atoms with Gasteiger partial charge in [-0.15, -0.1) is 0 Å². The van der Waals surface area contributed by atoms with Gasteiger partial charge >= 0.3 is 0 Å². The summed E-state index contributed by atoms with van der Waals surface area (Å²) in [4.78, 5) is 4.71. The van der Waals surface area contributed by atoms with Gasteiger partial charge < -0.3 is 4.57 Å². The minimum atomic E-state index is 0.597. The fourth-order valence-corrected chi connectivity index (χ4v) is 3.01. The minimum Gasteiger partial charge on any atom is -0.314 e. The second kappa shape index (κ2) is 4.26. The summed E-state index contributed by atoms with van der Waals surface area (Å²) >= 11 is 3.52. The highest BCUT2D eigenvalue weighted by molar-refractivity contribution is 9.10. The SMILES string of the molecule is N=c1c2c(Br)cccc2nc2n1CCCCC2. The van der Waals surface area contributed by atoms with Gasteiger partial charge in [0.1, 0.15) is 11.3 Å². The monoisotopic (exact) mass is 291 g/mol. The maximum absolute atomic E-state index is 8.35. The third kappa shape index (κ3) is 1.80. The second-order valence-electron chi connectivity index (χ2n) is 4.47. The van der Waals surface area contributed by atoms with Crippen molar-refractivity contribution in [3.8, 4) is 0 Å². The van der Waals surface area contributed by atoms with Gasteiger partial charge in [-0.1, -0.05) is 12.5 Å². The molecule has 2 heterocycles. The molecule has 88 valence electrons. The summed E-state index contributed by atoms with van der Waals surface area (Å²) in [5, 5.41) is 9.28. The largest absolute Gasteiger partial charge is 0.314 e. The molecule has 2 aromatic rings. The van der Waals surface area contributed by atoms with Crippen LogP contribution in [-0.4, -0.2) is 9.55 Å². The Morgan fingerprint density at radius 2 is 2.12 bits per heavy atom.